The summed E-state index contributed by atoms with van der Waals surface area (Å²) in [7, 11) is 0. The van der Waals surface area contributed by atoms with Gasteiger partial charge in [-0.2, -0.15) is 0 Å². The first-order chi connectivity index (χ1) is 8.95. The molecule has 4 nitrogen and oxygen atoms in total. The summed E-state index contributed by atoms with van der Waals surface area (Å²) in [5.74, 6) is -0.618. The molecule has 2 aromatic rings. The Balaban J connectivity index is 2.09. The van der Waals surface area contributed by atoms with Crippen LogP contribution in [0.1, 0.15) is 13.8 Å². The highest BCUT2D eigenvalue weighted by Gasteiger charge is 2.11. The van der Waals surface area contributed by atoms with Crippen molar-refractivity contribution in [2.45, 2.75) is 13.8 Å². The van der Waals surface area contributed by atoms with Gasteiger partial charge in [0.25, 0.3) is 0 Å². The van der Waals surface area contributed by atoms with Gasteiger partial charge in [0.2, 0.25) is 5.91 Å². The van der Waals surface area contributed by atoms with Crippen molar-refractivity contribution in [3.8, 4) is 0 Å². The molecule has 2 N–H and O–H groups in total. The average molecular weight is 297 g/mol. The second-order valence-electron chi connectivity index (χ2n) is 4.23. The van der Waals surface area contributed by atoms with Crippen molar-refractivity contribution in [3.63, 3.8) is 0 Å². The molecule has 1 heterocycles. The fourth-order valence-electron chi connectivity index (χ4n) is 1.34. The summed E-state index contributed by atoms with van der Waals surface area (Å²) < 4.78 is 13.8. The predicted molar refractivity (Wildman–Crippen MR) is 78.8 cm³/mol. The molecule has 0 aliphatic carbocycles. The molecule has 0 spiro atoms. The van der Waals surface area contributed by atoms with E-state index in [4.69, 9.17) is 12.2 Å². The molecular formula is C12H12FN3OS2. The first kappa shape index (κ1) is 13.8. The van der Waals surface area contributed by atoms with Gasteiger partial charge in [-0.3, -0.25) is 4.79 Å². The lowest BCUT2D eigenvalue weighted by Gasteiger charge is -2.08. The van der Waals surface area contributed by atoms with Gasteiger partial charge in [-0.05, 0) is 30.4 Å². The van der Waals surface area contributed by atoms with Gasteiger partial charge in [0.1, 0.15) is 5.82 Å². The molecule has 0 unspecified atom stereocenters. The number of halogens is 1. The number of anilines is 1. The van der Waals surface area contributed by atoms with Crippen molar-refractivity contribution < 1.29 is 9.18 Å². The molecule has 0 bridgehead atoms. The van der Waals surface area contributed by atoms with E-state index in [2.05, 4.69) is 15.6 Å². The van der Waals surface area contributed by atoms with Crippen LogP contribution in [0.2, 0.25) is 0 Å². The van der Waals surface area contributed by atoms with Gasteiger partial charge in [-0.15, -0.1) is 0 Å². The third-order valence-electron chi connectivity index (χ3n) is 2.33. The molecule has 0 aliphatic heterocycles. The average Bonchev–Trinajstić information content (AvgIpc) is 2.69. The third-order valence-corrected chi connectivity index (χ3v) is 3.47. The molecule has 19 heavy (non-hydrogen) atoms. The number of hydrogen-bond donors (Lipinski definition) is 2. The maximum atomic E-state index is 13.0. The number of aromatic nitrogens is 1. The van der Waals surface area contributed by atoms with Crippen LogP contribution in [-0.4, -0.2) is 16.0 Å². The number of carbonyl (C=O) groups is 1. The van der Waals surface area contributed by atoms with Crippen LogP contribution in [0.4, 0.5) is 9.52 Å². The number of rotatable bonds is 2. The van der Waals surface area contributed by atoms with Crippen LogP contribution in [0.3, 0.4) is 0 Å². The normalized spacial score (nSPS) is 10.7. The number of amides is 1. The number of nitrogens with zero attached hydrogens (tertiary/aromatic N) is 1. The molecule has 1 aromatic heterocycles. The van der Waals surface area contributed by atoms with Gasteiger partial charge in [0.05, 0.1) is 10.2 Å². The highest BCUT2D eigenvalue weighted by Crippen LogP contribution is 2.26. The minimum Gasteiger partial charge on any atom is -0.308 e. The highest BCUT2D eigenvalue weighted by atomic mass is 32.1. The maximum absolute atomic E-state index is 13.0. The Labute approximate surface area is 119 Å². The van der Waals surface area contributed by atoms with Crippen LogP contribution in [-0.2, 0) is 4.79 Å². The molecule has 0 aliphatic rings. The summed E-state index contributed by atoms with van der Waals surface area (Å²) in [4.78, 5) is 15.7. The summed E-state index contributed by atoms with van der Waals surface area (Å²) in [6.45, 7) is 3.55. The van der Waals surface area contributed by atoms with E-state index in [0.717, 1.165) is 4.70 Å². The molecule has 0 saturated heterocycles. The SMILES string of the molecule is CC(C)C(=O)NC(=S)Nc1nc2ccc(F)cc2s1. The number of benzene rings is 1. The molecule has 7 heteroatoms. The summed E-state index contributed by atoms with van der Waals surface area (Å²) in [5.41, 5.74) is 0.687. The van der Waals surface area contributed by atoms with Crippen LogP contribution in [0.5, 0.6) is 0 Å². The van der Waals surface area contributed by atoms with Crippen molar-refractivity contribution in [1.29, 1.82) is 0 Å². The predicted octanol–water partition coefficient (Wildman–Crippen LogP) is 2.90. The zero-order valence-electron chi connectivity index (χ0n) is 10.4. The van der Waals surface area contributed by atoms with Gasteiger partial charge in [-0.1, -0.05) is 25.2 Å². The zero-order chi connectivity index (χ0) is 14.0. The van der Waals surface area contributed by atoms with Crippen LogP contribution in [0, 0.1) is 11.7 Å². The highest BCUT2D eigenvalue weighted by molar-refractivity contribution is 7.80. The summed E-state index contributed by atoms with van der Waals surface area (Å²) in [6, 6.07) is 4.36. The Kier molecular flexibility index (Phi) is 4.06. The molecule has 1 amide bonds. The van der Waals surface area contributed by atoms with Crippen molar-refractivity contribution in [1.82, 2.24) is 10.3 Å². The van der Waals surface area contributed by atoms with Gasteiger partial charge >= 0.3 is 0 Å². The zero-order valence-corrected chi connectivity index (χ0v) is 12.0. The Morgan fingerprint density at radius 1 is 1.47 bits per heavy atom. The van der Waals surface area contributed by atoms with Gasteiger partial charge in [-0.25, -0.2) is 9.37 Å². The Bertz CT molecular complexity index is 639. The van der Waals surface area contributed by atoms with Gasteiger partial charge < -0.3 is 10.6 Å². The van der Waals surface area contributed by atoms with Crippen molar-refractivity contribution in [2.24, 2.45) is 5.92 Å². The van der Waals surface area contributed by atoms with Crippen molar-refractivity contribution in [2.75, 3.05) is 5.32 Å². The lowest BCUT2D eigenvalue weighted by atomic mass is 10.2. The monoisotopic (exact) mass is 297 g/mol. The second kappa shape index (κ2) is 5.58. The van der Waals surface area contributed by atoms with Gasteiger partial charge in [0.15, 0.2) is 10.2 Å². The first-order valence-electron chi connectivity index (χ1n) is 5.63. The molecule has 0 radical (unpaired) electrons. The number of fused-ring (bicyclic) bond motifs is 1. The molecule has 1 aromatic carbocycles. The van der Waals surface area contributed by atoms with Crippen LogP contribution in [0.25, 0.3) is 10.2 Å². The van der Waals surface area contributed by atoms with Crippen LogP contribution >= 0.6 is 23.6 Å². The van der Waals surface area contributed by atoms with Crippen molar-refractivity contribution in [3.05, 3.63) is 24.0 Å². The summed E-state index contributed by atoms with van der Waals surface area (Å²) >= 11 is 6.29. The first-order valence-corrected chi connectivity index (χ1v) is 6.86. The number of thiocarbonyl (C=S) groups is 1. The molecule has 0 atom stereocenters. The quantitative estimate of drug-likeness (QED) is 0.837. The molecule has 100 valence electrons. The summed E-state index contributed by atoms with van der Waals surface area (Å²) in [6.07, 6.45) is 0. The maximum Gasteiger partial charge on any atom is 0.228 e. The minimum atomic E-state index is -0.307. The van der Waals surface area contributed by atoms with Crippen LogP contribution in [0.15, 0.2) is 18.2 Å². The van der Waals surface area contributed by atoms with E-state index in [-0.39, 0.29) is 22.8 Å². The second-order valence-corrected chi connectivity index (χ2v) is 5.67. The lowest BCUT2D eigenvalue weighted by Crippen LogP contribution is -2.36. The summed E-state index contributed by atoms with van der Waals surface area (Å²) in [5, 5.41) is 6.09. The van der Waals surface area contributed by atoms with E-state index in [1.165, 1.54) is 23.5 Å². The van der Waals surface area contributed by atoms with E-state index < -0.39 is 0 Å². The molecule has 0 saturated carbocycles. The number of nitrogens with one attached hydrogen (secondary N) is 2. The van der Waals surface area contributed by atoms with Crippen molar-refractivity contribution >= 4 is 49.9 Å². The number of hydrogen-bond acceptors (Lipinski definition) is 4. The fraction of sp³-hybridized carbons (Fsp3) is 0.250. The lowest BCUT2D eigenvalue weighted by molar-refractivity contribution is -0.122. The molecule has 0 fully saturated rings. The fourth-order valence-corrected chi connectivity index (χ4v) is 2.49. The molecule has 2 rings (SSSR count). The van der Waals surface area contributed by atoms with Gasteiger partial charge in [0, 0.05) is 5.92 Å². The Morgan fingerprint density at radius 3 is 2.89 bits per heavy atom. The largest absolute Gasteiger partial charge is 0.308 e. The van der Waals surface area contributed by atoms with E-state index in [1.807, 2.05) is 0 Å². The molecular weight excluding hydrogens is 285 g/mol. The Hall–Kier alpha value is -1.60. The number of carbonyl (C=O) groups excluding carboxylic acids is 1. The van der Waals surface area contributed by atoms with E-state index >= 15 is 0 Å². The smallest absolute Gasteiger partial charge is 0.228 e. The third kappa shape index (κ3) is 3.45. The number of thiazole rings is 1. The minimum absolute atomic E-state index is 0.149. The topological polar surface area (TPSA) is 54.0 Å². The standard InChI is InChI=1S/C12H12FN3OS2/c1-6(2)10(17)15-11(18)16-12-14-8-4-3-7(13)5-9(8)19-12/h3-6H,1-2H3,(H2,14,15,16,17,18). The van der Waals surface area contributed by atoms with Crippen LogP contribution < -0.4 is 10.6 Å². The van der Waals surface area contributed by atoms with E-state index in [0.29, 0.717) is 10.6 Å². The Morgan fingerprint density at radius 2 is 2.21 bits per heavy atom. The van der Waals surface area contributed by atoms with E-state index in [9.17, 15) is 9.18 Å². The van der Waals surface area contributed by atoms with E-state index in [1.54, 1.807) is 19.9 Å².